The first-order valence-electron chi connectivity index (χ1n) is 11.4. The van der Waals surface area contributed by atoms with Crippen LogP contribution >= 0.6 is 0 Å². The summed E-state index contributed by atoms with van der Waals surface area (Å²) < 4.78 is 42.9. The van der Waals surface area contributed by atoms with Gasteiger partial charge < -0.3 is 10.3 Å². The van der Waals surface area contributed by atoms with Crippen molar-refractivity contribution in [1.82, 2.24) is 29.9 Å². The van der Waals surface area contributed by atoms with Gasteiger partial charge in [-0.15, -0.1) is 10.2 Å². The number of aromatic amines is 1. The predicted octanol–water partition coefficient (Wildman–Crippen LogP) is 4.77. The minimum atomic E-state index is -4.58. The molecular weight excluding hydrogens is 443 g/mol. The lowest BCUT2D eigenvalue weighted by molar-refractivity contribution is -0.141. The molecule has 4 aromatic rings. The van der Waals surface area contributed by atoms with E-state index in [4.69, 9.17) is 5.73 Å². The van der Waals surface area contributed by atoms with Gasteiger partial charge in [0.2, 0.25) is 0 Å². The molecular formula is C24H26F3N7. The summed E-state index contributed by atoms with van der Waals surface area (Å²) >= 11 is 0. The summed E-state index contributed by atoms with van der Waals surface area (Å²) in [4.78, 5) is 3.89. The molecule has 1 fully saturated rings. The van der Waals surface area contributed by atoms with Gasteiger partial charge >= 0.3 is 6.18 Å². The lowest BCUT2D eigenvalue weighted by Crippen LogP contribution is -2.24. The highest BCUT2D eigenvalue weighted by Gasteiger charge is 2.35. The average molecular weight is 470 g/mol. The van der Waals surface area contributed by atoms with Crippen molar-refractivity contribution in [3.63, 3.8) is 0 Å². The van der Waals surface area contributed by atoms with E-state index in [1.54, 1.807) is 13.3 Å². The number of aromatic nitrogens is 6. The van der Waals surface area contributed by atoms with Crippen LogP contribution in [-0.4, -0.2) is 36.5 Å². The zero-order chi connectivity index (χ0) is 24.0. The van der Waals surface area contributed by atoms with Gasteiger partial charge in [0.1, 0.15) is 23.5 Å². The fraction of sp³-hybridized carbons (Fsp3) is 0.417. The van der Waals surface area contributed by atoms with E-state index in [0.29, 0.717) is 22.5 Å². The number of benzene rings is 1. The standard InChI is InChI=1S/C24H26F3N7/c1-13(11-28)20-22-17(10-18(30-20)24(25,26)27)21(31-32-22)16-8-4-7-15(9-16)19(14-5-3-6-14)23-33-29-12-34(23)2/h4,7-10,12-14,19H,3,5-6,11,28H2,1-2H3,(H,31,32)/t13-,19-/m1/s1. The van der Waals surface area contributed by atoms with Crippen LogP contribution in [0.1, 0.15) is 60.8 Å². The van der Waals surface area contributed by atoms with Crippen molar-refractivity contribution in [3.8, 4) is 11.3 Å². The summed E-state index contributed by atoms with van der Waals surface area (Å²) in [7, 11) is 1.93. The third-order valence-electron chi connectivity index (χ3n) is 6.86. The molecule has 0 radical (unpaired) electrons. The molecule has 1 aromatic carbocycles. The summed E-state index contributed by atoms with van der Waals surface area (Å²) in [6.45, 7) is 1.93. The number of nitrogens with two attached hydrogens (primary N) is 1. The van der Waals surface area contributed by atoms with Crippen molar-refractivity contribution in [3.05, 3.63) is 59.4 Å². The largest absolute Gasteiger partial charge is 0.433 e. The number of alkyl halides is 3. The fourth-order valence-electron chi connectivity index (χ4n) is 4.73. The summed E-state index contributed by atoms with van der Waals surface area (Å²) in [6, 6.07) is 8.91. The molecule has 0 bridgehead atoms. The Hall–Kier alpha value is -3.27. The third kappa shape index (κ3) is 3.85. The van der Waals surface area contributed by atoms with Crippen LogP contribution in [0.2, 0.25) is 0 Å². The topological polar surface area (TPSA) is 98.3 Å². The zero-order valence-corrected chi connectivity index (χ0v) is 19.0. The second-order valence-electron chi connectivity index (χ2n) is 9.12. The van der Waals surface area contributed by atoms with E-state index in [-0.39, 0.29) is 24.1 Å². The number of H-pyrrole nitrogens is 1. The van der Waals surface area contributed by atoms with Gasteiger partial charge in [-0.25, -0.2) is 4.98 Å². The Kier molecular flexibility index (Phi) is 5.63. The van der Waals surface area contributed by atoms with E-state index in [1.807, 2.05) is 35.9 Å². The maximum Gasteiger partial charge on any atom is 0.433 e. The van der Waals surface area contributed by atoms with Crippen molar-refractivity contribution < 1.29 is 13.2 Å². The van der Waals surface area contributed by atoms with E-state index >= 15 is 0 Å². The van der Waals surface area contributed by atoms with Gasteiger partial charge in [-0.2, -0.15) is 18.3 Å². The Bertz CT molecular complexity index is 1320. The van der Waals surface area contributed by atoms with E-state index in [1.165, 1.54) is 6.42 Å². The number of halogens is 3. The summed E-state index contributed by atoms with van der Waals surface area (Å²) in [5, 5.41) is 16.1. The van der Waals surface area contributed by atoms with Crippen LogP contribution in [0.15, 0.2) is 36.7 Å². The number of hydrogen-bond acceptors (Lipinski definition) is 5. The van der Waals surface area contributed by atoms with Crippen LogP contribution in [0.5, 0.6) is 0 Å². The first-order valence-corrected chi connectivity index (χ1v) is 11.4. The van der Waals surface area contributed by atoms with E-state index in [9.17, 15) is 13.2 Å². The third-order valence-corrected chi connectivity index (χ3v) is 6.86. The molecule has 34 heavy (non-hydrogen) atoms. The van der Waals surface area contributed by atoms with E-state index < -0.39 is 11.9 Å². The summed E-state index contributed by atoms with van der Waals surface area (Å²) in [6.07, 6.45) is 0.506. The second-order valence-corrected chi connectivity index (χ2v) is 9.12. The van der Waals surface area contributed by atoms with Crippen molar-refractivity contribution in [2.75, 3.05) is 6.54 Å². The Morgan fingerprint density at radius 2 is 2.03 bits per heavy atom. The summed E-state index contributed by atoms with van der Waals surface area (Å²) in [5.41, 5.74) is 7.82. The molecule has 5 rings (SSSR count). The first-order chi connectivity index (χ1) is 16.3. The Balaban J connectivity index is 1.65. The highest BCUT2D eigenvalue weighted by atomic mass is 19.4. The molecule has 178 valence electrons. The van der Waals surface area contributed by atoms with Crippen LogP contribution in [0.3, 0.4) is 0 Å². The minimum absolute atomic E-state index is 0.0617. The SMILES string of the molecule is C[C@H](CN)c1nc(C(F)(F)F)cc2c(-c3cccc([C@H](c4nncn4C)C4CCC4)c3)n[nH]c12. The number of nitrogens with one attached hydrogen (secondary N) is 1. The highest BCUT2D eigenvalue weighted by molar-refractivity contribution is 5.94. The quantitative estimate of drug-likeness (QED) is 0.424. The lowest BCUT2D eigenvalue weighted by Gasteiger charge is -2.33. The molecule has 1 aliphatic carbocycles. The summed E-state index contributed by atoms with van der Waals surface area (Å²) in [5.74, 6) is 1.04. The van der Waals surface area contributed by atoms with Crippen LogP contribution in [-0.2, 0) is 13.2 Å². The highest BCUT2D eigenvalue weighted by Crippen LogP contribution is 2.43. The second kappa shape index (κ2) is 8.50. The lowest BCUT2D eigenvalue weighted by atomic mass is 9.72. The Morgan fingerprint density at radius 1 is 1.24 bits per heavy atom. The van der Waals surface area contributed by atoms with Gasteiger partial charge in [-0.3, -0.25) is 5.10 Å². The normalized spacial score (nSPS) is 16.5. The molecule has 3 aromatic heterocycles. The number of fused-ring (bicyclic) bond motifs is 1. The molecule has 0 aliphatic heterocycles. The first kappa shape index (κ1) is 22.5. The molecule has 1 aliphatic rings. The zero-order valence-electron chi connectivity index (χ0n) is 19.0. The Morgan fingerprint density at radius 3 is 2.65 bits per heavy atom. The van der Waals surface area contributed by atoms with Gasteiger partial charge in [0.25, 0.3) is 0 Å². The van der Waals surface area contributed by atoms with Crippen molar-refractivity contribution >= 4 is 10.9 Å². The molecule has 7 nitrogen and oxygen atoms in total. The monoisotopic (exact) mass is 469 g/mol. The maximum absolute atomic E-state index is 13.7. The van der Waals surface area contributed by atoms with Crippen LogP contribution < -0.4 is 5.73 Å². The van der Waals surface area contributed by atoms with Gasteiger partial charge in [0, 0.05) is 36.4 Å². The molecule has 0 saturated heterocycles. The van der Waals surface area contributed by atoms with Crippen molar-refractivity contribution in [1.29, 1.82) is 0 Å². The fourth-order valence-corrected chi connectivity index (χ4v) is 4.73. The van der Waals surface area contributed by atoms with Gasteiger partial charge in [0.05, 0.1) is 11.2 Å². The average Bonchev–Trinajstić information content (AvgIpc) is 3.40. The van der Waals surface area contributed by atoms with Crippen LogP contribution in [0.4, 0.5) is 13.2 Å². The van der Waals surface area contributed by atoms with Gasteiger partial charge in [-0.05, 0) is 36.5 Å². The smallest absolute Gasteiger partial charge is 0.330 e. The molecule has 0 spiro atoms. The van der Waals surface area contributed by atoms with Gasteiger partial charge in [0.15, 0.2) is 0 Å². The molecule has 3 N–H and O–H groups in total. The number of nitrogens with zero attached hydrogens (tertiary/aromatic N) is 5. The Labute approximate surface area is 194 Å². The molecule has 0 amide bonds. The van der Waals surface area contributed by atoms with E-state index in [2.05, 4.69) is 25.4 Å². The number of aryl methyl sites for hydroxylation is 1. The molecule has 10 heteroatoms. The molecule has 3 heterocycles. The number of pyridine rings is 1. The molecule has 0 unspecified atom stereocenters. The maximum atomic E-state index is 13.7. The van der Waals surface area contributed by atoms with Crippen molar-refractivity contribution in [2.45, 2.75) is 44.2 Å². The van der Waals surface area contributed by atoms with Crippen molar-refractivity contribution in [2.24, 2.45) is 18.7 Å². The number of rotatable bonds is 6. The van der Waals surface area contributed by atoms with E-state index in [0.717, 1.165) is 35.9 Å². The van der Waals surface area contributed by atoms with Gasteiger partial charge in [-0.1, -0.05) is 31.5 Å². The number of hydrogen-bond donors (Lipinski definition) is 2. The minimum Gasteiger partial charge on any atom is -0.330 e. The molecule has 1 saturated carbocycles. The predicted molar refractivity (Wildman–Crippen MR) is 122 cm³/mol. The molecule has 2 atom stereocenters. The van der Waals surface area contributed by atoms with Crippen LogP contribution in [0, 0.1) is 5.92 Å². The van der Waals surface area contributed by atoms with Crippen LogP contribution in [0.25, 0.3) is 22.2 Å².